The zero-order chi connectivity index (χ0) is 20.9. The van der Waals surface area contributed by atoms with E-state index in [1.54, 1.807) is 39.0 Å². The van der Waals surface area contributed by atoms with Gasteiger partial charge in [-0.05, 0) is 44.9 Å². The summed E-state index contributed by atoms with van der Waals surface area (Å²) in [6, 6.07) is 6.34. The van der Waals surface area contributed by atoms with Crippen molar-refractivity contribution in [3.05, 3.63) is 34.9 Å². The van der Waals surface area contributed by atoms with Crippen LogP contribution in [-0.2, 0) is 19.1 Å². The number of imide groups is 1. The molecular formula is C19H24ClN3O5. The topological polar surface area (TPSA) is 105 Å². The minimum absolute atomic E-state index is 0.00534. The van der Waals surface area contributed by atoms with E-state index in [0.29, 0.717) is 5.02 Å². The number of urea groups is 1. The molecule has 0 bridgehead atoms. The summed E-state index contributed by atoms with van der Waals surface area (Å²) in [5, 5.41) is 5.85. The molecular weight excluding hydrogens is 386 g/mol. The molecule has 0 aromatic heterocycles. The Bertz CT molecular complexity index is 781. The van der Waals surface area contributed by atoms with Crippen molar-refractivity contribution in [2.45, 2.75) is 45.2 Å². The van der Waals surface area contributed by atoms with Crippen LogP contribution in [-0.4, -0.2) is 47.4 Å². The standard InChI is InChI=1S/C19H24ClN3O5/c1-12(13-6-4-7-14(20)10-13)21-15(24)11-28-16(25)8-5-9-23-17(26)19(2,3)22-18(23)27/h4,6-7,10,12H,5,8-9,11H2,1-3H3,(H,21,24)(H,22,27)/t12-/m1/s1. The first kappa shape index (κ1) is 21.7. The number of halogens is 1. The van der Waals surface area contributed by atoms with Crippen molar-refractivity contribution in [1.82, 2.24) is 15.5 Å². The Morgan fingerprint density at radius 2 is 2.04 bits per heavy atom. The molecule has 1 saturated heterocycles. The van der Waals surface area contributed by atoms with E-state index in [0.717, 1.165) is 10.5 Å². The third-order valence-electron chi connectivity index (χ3n) is 4.30. The van der Waals surface area contributed by atoms with E-state index in [1.165, 1.54) is 0 Å². The molecule has 1 heterocycles. The van der Waals surface area contributed by atoms with Gasteiger partial charge in [-0.3, -0.25) is 19.3 Å². The Hall–Kier alpha value is -2.61. The van der Waals surface area contributed by atoms with E-state index in [2.05, 4.69) is 10.6 Å². The number of ether oxygens (including phenoxy) is 1. The zero-order valence-corrected chi connectivity index (χ0v) is 16.8. The third-order valence-corrected chi connectivity index (χ3v) is 4.53. The van der Waals surface area contributed by atoms with Crippen LogP contribution in [0.15, 0.2) is 24.3 Å². The third kappa shape index (κ3) is 5.69. The fraction of sp³-hybridized carbons (Fsp3) is 0.474. The molecule has 0 saturated carbocycles. The second-order valence-electron chi connectivity index (χ2n) is 7.12. The van der Waals surface area contributed by atoms with Gasteiger partial charge < -0.3 is 15.4 Å². The summed E-state index contributed by atoms with van der Waals surface area (Å²) in [4.78, 5) is 48.6. The Labute approximate surface area is 168 Å². The molecule has 0 unspecified atom stereocenters. The second-order valence-corrected chi connectivity index (χ2v) is 7.56. The minimum atomic E-state index is -0.935. The second kappa shape index (κ2) is 9.05. The monoisotopic (exact) mass is 409 g/mol. The average Bonchev–Trinajstić information content (AvgIpc) is 2.81. The van der Waals surface area contributed by atoms with Crippen molar-refractivity contribution in [3.8, 4) is 0 Å². The Morgan fingerprint density at radius 1 is 1.32 bits per heavy atom. The first-order chi connectivity index (χ1) is 13.1. The fourth-order valence-corrected chi connectivity index (χ4v) is 2.96. The number of hydrogen-bond donors (Lipinski definition) is 2. The van der Waals surface area contributed by atoms with Crippen molar-refractivity contribution in [2.24, 2.45) is 0 Å². The van der Waals surface area contributed by atoms with Crippen LogP contribution in [0.4, 0.5) is 4.79 Å². The van der Waals surface area contributed by atoms with Gasteiger partial charge in [-0.15, -0.1) is 0 Å². The summed E-state index contributed by atoms with van der Waals surface area (Å²) >= 11 is 5.93. The number of nitrogens with one attached hydrogen (secondary N) is 2. The summed E-state index contributed by atoms with van der Waals surface area (Å²) in [5.74, 6) is -1.34. The first-order valence-corrected chi connectivity index (χ1v) is 9.32. The Morgan fingerprint density at radius 3 is 2.64 bits per heavy atom. The van der Waals surface area contributed by atoms with Gasteiger partial charge in [0.25, 0.3) is 11.8 Å². The molecule has 2 rings (SSSR count). The maximum atomic E-state index is 12.0. The number of carbonyl (C=O) groups is 4. The largest absolute Gasteiger partial charge is 0.456 e. The summed E-state index contributed by atoms with van der Waals surface area (Å²) in [6.45, 7) is 4.74. The first-order valence-electron chi connectivity index (χ1n) is 8.94. The molecule has 0 spiro atoms. The Balaban J connectivity index is 1.69. The normalized spacial score (nSPS) is 16.5. The quantitative estimate of drug-likeness (QED) is 0.505. The highest BCUT2D eigenvalue weighted by Gasteiger charge is 2.43. The molecule has 1 aliphatic rings. The van der Waals surface area contributed by atoms with Gasteiger partial charge >= 0.3 is 12.0 Å². The van der Waals surface area contributed by atoms with E-state index >= 15 is 0 Å². The molecule has 2 N–H and O–H groups in total. The predicted octanol–water partition coefficient (Wildman–Crippen LogP) is 2.17. The summed E-state index contributed by atoms with van der Waals surface area (Å²) in [5.41, 5.74) is -0.0984. The SMILES string of the molecule is C[C@@H](NC(=O)COC(=O)CCCN1C(=O)NC(C)(C)C1=O)c1cccc(Cl)c1. The van der Waals surface area contributed by atoms with Crippen molar-refractivity contribution >= 4 is 35.4 Å². The van der Waals surface area contributed by atoms with Gasteiger partial charge in [0.1, 0.15) is 5.54 Å². The van der Waals surface area contributed by atoms with Crippen LogP contribution in [0.2, 0.25) is 5.02 Å². The van der Waals surface area contributed by atoms with Gasteiger partial charge in [-0.1, -0.05) is 23.7 Å². The van der Waals surface area contributed by atoms with Crippen LogP contribution in [0, 0.1) is 0 Å². The number of nitrogens with zero attached hydrogens (tertiary/aromatic N) is 1. The molecule has 28 heavy (non-hydrogen) atoms. The molecule has 1 atom stereocenters. The minimum Gasteiger partial charge on any atom is -0.456 e. The van der Waals surface area contributed by atoms with Gasteiger partial charge in [0.2, 0.25) is 0 Å². The highest BCUT2D eigenvalue weighted by atomic mass is 35.5. The smallest absolute Gasteiger partial charge is 0.325 e. The molecule has 1 aliphatic heterocycles. The zero-order valence-electron chi connectivity index (χ0n) is 16.1. The van der Waals surface area contributed by atoms with Crippen LogP contribution in [0.25, 0.3) is 0 Å². The van der Waals surface area contributed by atoms with Gasteiger partial charge in [0, 0.05) is 18.0 Å². The van der Waals surface area contributed by atoms with Gasteiger partial charge in [-0.2, -0.15) is 0 Å². The molecule has 1 aromatic carbocycles. The lowest BCUT2D eigenvalue weighted by Gasteiger charge is -2.16. The van der Waals surface area contributed by atoms with Crippen molar-refractivity contribution in [3.63, 3.8) is 0 Å². The number of hydrogen-bond acceptors (Lipinski definition) is 5. The van der Waals surface area contributed by atoms with Crippen LogP contribution in [0.5, 0.6) is 0 Å². The summed E-state index contributed by atoms with van der Waals surface area (Å²) < 4.78 is 4.94. The Kier molecular flexibility index (Phi) is 7.01. The van der Waals surface area contributed by atoms with Gasteiger partial charge in [0.15, 0.2) is 6.61 Å². The lowest BCUT2D eigenvalue weighted by molar-refractivity contribution is -0.149. The van der Waals surface area contributed by atoms with Crippen molar-refractivity contribution in [1.29, 1.82) is 0 Å². The van der Waals surface area contributed by atoms with E-state index in [1.807, 2.05) is 6.07 Å². The predicted molar refractivity (Wildman–Crippen MR) is 103 cm³/mol. The van der Waals surface area contributed by atoms with Crippen LogP contribution in [0.3, 0.4) is 0 Å². The molecule has 0 aliphatic carbocycles. The molecule has 1 fully saturated rings. The molecule has 9 heteroatoms. The molecule has 0 radical (unpaired) electrons. The van der Waals surface area contributed by atoms with E-state index in [4.69, 9.17) is 16.3 Å². The molecule has 4 amide bonds. The van der Waals surface area contributed by atoms with E-state index < -0.39 is 30.1 Å². The van der Waals surface area contributed by atoms with Crippen LogP contribution >= 0.6 is 11.6 Å². The number of benzene rings is 1. The highest BCUT2D eigenvalue weighted by molar-refractivity contribution is 6.30. The highest BCUT2D eigenvalue weighted by Crippen LogP contribution is 2.18. The maximum absolute atomic E-state index is 12.0. The van der Waals surface area contributed by atoms with E-state index in [-0.39, 0.29) is 31.3 Å². The lowest BCUT2D eigenvalue weighted by atomic mass is 10.1. The van der Waals surface area contributed by atoms with Crippen LogP contribution in [0.1, 0.15) is 45.2 Å². The lowest BCUT2D eigenvalue weighted by Crippen LogP contribution is -2.40. The van der Waals surface area contributed by atoms with Gasteiger partial charge in [-0.25, -0.2) is 4.79 Å². The molecule has 152 valence electrons. The van der Waals surface area contributed by atoms with Gasteiger partial charge in [0.05, 0.1) is 6.04 Å². The fourth-order valence-electron chi connectivity index (χ4n) is 2.76. The van der Waals surface area contributed by atoms with E-state index in [9.17, 15) is 19.2 Å². The van der Waals surface area contributed by atoms with Crippen LogP contribution < -0.4 is 10.6 Å². The number of rotatable bonds is 8. The van der Waals surface area contributed by atoms with Crippen molar-refractivity contribution < 1.29 is 23.9 Å². The maximum Gasteiger partial charge on any atom is 0.325 e. The number of amides is 4. The van der Waals surface area contributed by atoms with Crippen molar-refractivity contribution in [2.75, 3.05) is 13.2 Å². The number of carbonyl (C=O) groups excluding carboxylic acids is 4. The summed E-state index contributed by atoms with van der Waals surface area (Å²) in [6.07, 6.45) is 0.253. The molecule has 1 aromatic rings. The summed E-state index contributed by atoms with van der Waals surface area (Å²) in [7, 11) is 0. The average molecular weight is 410 g/mol. The molecule has 8 nitrogen and oxygen atoms in total. The number of esters is 1.